The lowest BCUT2D eigenvalue weighted by Gasteiger charge is -2.10. The molecule has 0 spiro atoms. The topological polar surface area (TPSA) is 118 Å². The number of carbonyl (C=O) groups excluding carboxylic acids is 1. The molecule has 0 radical (unpaired) electrons. The average molecular weight is 393 g/mol. The molecule has 3 heterocycles. The Balaban J connectivity index is 1.60. The molecule has 4 aromatic rings. The summed E-state index contributed by atoms with van der Waals surface area (Å²) in [6.45, 7) is 1.71. The van der Waals surface area contributed by atoms with Gasteiger partial charge < -0.3 is 4.98 Å². The summed E-state index contributed by atoms with van der Waals surface area (Å²) in [6.07, 6.45) is 4.56. The molecule has 0 aliphatic carbocycles. The number of benzene rings is 1. The summed E-state index contributed by atoms with van der Waals surface area (Å²) < 4.78 is 1.59. The predicted octanol–water partition coefficient (Wildman–Crippen LogP) is 2.02. The summed E-state index contributed by atoms with van der Waals surface area (Å²) >= 11 is 1.13. The van der Waals surface area contributed by atoms with Crippen molar-refractivity contribution in [2.75, 3.05) is 5.32 Å². The van der Waals surface area contributed by atoms with Crippen LogP contribution in [-0.2, 0) is 4.79 Å². The minimum Gasteiger partial charge on any atom is -0.301 e. The number of nitrogens with zero attached hydrogens (tertiary/aromatic N) is 5. The number of hydrogen-bond donors (Lipinski definition) is 2. The zero-order valence-electron chi connectivity index (χ0n) is 14.7. The second-order valence-electron chi connectivity index (χ2n) is 5.82. The lowest BCUT2D eigenvalue weighted by Crippen LogP contribution is -2.24. The molecule has 0 bridgehead atoms. The Morgan fingerprint density at radius 1 is 1.18 bits per heavy atom. The molecule has 4 rings (SSSR count). The van der Waals surface area contributed by atoms with Gasteiger partial charge in [0, 0.05) is 12.4 Å². The van der Waals surface area contributed by atoms with Gasteiger partial charge in [-0.05, 0) is 25.1 Å². The maximum Gasteiger partial charge on any atom is 0.262 e. The Kier molecular flexibility index (Phi) is 4.85. The maximum atomic E-state index is 12.4. The number of carbonyl (C=O) groups is 1. The van der Waals surface area contributed by atoms with E-state index in [2.05, 4.69) is 30.4 Å². The first-order valence-electron chi connectivity index (χ1n) is 8.40. The van der Waals surface area contributed by atoms with Crippen molar-refractivity contribution in [1.29, 1.82) is 0 Å². The quantitative estimate of drug-likeness (QED) is 0.393. The van der Waals surface area contributed by atoms with Gasteiger partial charge in [-0.25, -0.2) is 19.6 Å². The highest BCUT2D eigenvalue weighted by Gasteiger charge is 2.19. The summed E-state index contributed by atoms with van der Waals surface area (Å²) in [5.74, 6) is -0.0745. The van der Waals surface area contributed by atoms with E-state index in [1.165, 1.54) is 18.6 Å². The van der Waals surface area contributed by atoms with Gasteiger partial charge in [-0.15, -0.1) is 0 Å². The number of fused-ring (bicyclic) bond motifs is 1. The molecule has 10 heteroatoms. The number of anilines is 1. The van der Waals surface area contributed by atoms with Gasteiger partial charge in [0.1, 0.15) is 5.39 Å². The molecular formula is C18H15N7O2S. The summed E-state index contributed by atoms with van der Waals surface area (Å²) in [4.78, 5) is 39.9. The van der Waals surface area contributed by atoms with Gasteiger partial charge in [0.05, 0.1) is 17.1 Å². The molecule has 1 atom stereocenters. The summed E-state index contributed by atoms with van der Waals surface area (Å²) in [7, 11) is 0. The monoisotopic (exact) mass is 393 g/mol. The molecule has 140 valence electrons. The highest BCUT2D eigenvalue weighted by molar-refractivity contribution is 8.00. The van der Waals surface area contributed by atoms with E-state index < -0.39 is 5.25 Å². The molecule has 1 aromatic carbocycles. The molecule has 9 nitrogen and oxygen atoms in total. The third-order valence-electron chi connectivity index (χ3n) is 3.88. The summed E-state index contributed by atoms with van der Waals surface area (Å²) in [5.41, 5.74) is 0.906. The number of thioether (sulfide) groups is 1. The fraction of sp³-hybridized carbons (Fsp3) is 0.111. The highest BCUT2D eigenvalue weighted by atomic mass is 32.2. The second kappa shape index (κ2) is 7.61. The van der Waals surface area contributed by atoms with E-state index in [-0.39, 0.29) is 17.4 Å². The van der Waals surface area contributed by atoms with Crippen molar-refractivity contribution in [3.05, 3.63) is 65.3 Å². The SMILES string of the molecule is CC(Sc1nc2c(cnn2-c2ccccc2)c(=O)[nH]1)C(=O)Nc1ncccn1. The molecule has 1 unspecified atom stereocenters. The summed E-state index contributed by atoms with van der Waals surface area (Å²) in [5, 5.41) is 7.07. The fourth-order valence-corrected chi connectivity index (χ4v) is 3.30. The first-order valence-corrected chi connectivity index (χ1v) is 9.28. The molecule has 1 amide bonds. The molecule has 0 aliphatic heterocycles. The minimum atomic E-state index is -0.530. The minimum absolute atomic E-state index is 0.221. The van der Waals surface area contributed by atoms with Crippen molar-refractivity contribution < 1.29 is 4.79 Å². The first kappa shape index (κ1) is 17.9. The highest BCUT2D eigenvalue weighted by Crippen LogP contribution is 2.22. The Bertz CT molecular complexity index is 1170. The van der Waals surface area contributed by atoms with Crippen LogP contribution >= 0.6 is 11.8 Å². The fourth-order valence-electron chi connectivity index (χ4n) is 2.51. The van der Waals surface area contributed by atoms with Crippen molar-refractivity contribution in [3.63, 3.8) is 0 Å². The van der Waals surface area contributed by atoms with E-state index >= 15 is 0 Å². The van der Waals surface area contributed by atoms with Crippen LogP contribution in [0.2, 0.25) is 0 Å². The van der Waals surface area contributed by atoms with Gasteiger partial charge in [0.25, 0.3) is 5.56 Å². The van der Waals surface area contributed by atoms with E-state index in [9.17, 15) is 9.59 Å². The Morgan fingerprint density at radius 3 is 2.68 bits per heavy atom. The van der Waals surface area contributed by atoms with E-state index in [0.717, 1.165) is 17.4 Å². The van der Waals surface area contributed by atoms with E-state index in [1.807, 2.05) is 30.3 Å². The summed E-state index contributed by atoms with van der Waals surface area (Å²) in [6, 6.07) is 11.1. The largest absolute Gasteiger partial charge is 0.301 e. The van der Waals surface area contributed by atoms with Crippen molar-refractivity contribution in [1.82, 2.24) is 29.7 Å². The Labute approximate surface area is 163 Å². The van der Waals surface area contributed by atoms with Crippen LogP contribution in [0.3, 0.4) is 0 Å². The third-order valence-corrected chi connectivity index (χ3v) is 4.86. The van der Waals surface area contributed by atoms with Crippen LogP contribution in [0, 0.1) is 0 Å². The molecule has 0 fully saturated rings. The number of para-hydroxylation sites is 1. The van der Waals surface area contributed by atoms with Crippen molar-refractivity contribution in [2.24, 2.45) is 0 Å². The molecule has 0 saturated carbocycles. The molecule has 28 heavy (non-hydrogen) atoms. The van der Waals surface area contributed by atoms with Gasteiger partial charge in [0.2, 0.25) is 11.9 Å². The van der Waals surface area contributed by atoms with Gasteiger partial charge in [-0.2, -0.15) is 5.10 Å². The van der Waals surface area contributed by atoms with Crippen molar-refractivity contribution >= 4 is 34.7 Å². The van der Waals surface area contributed by atoms with Crippen LogP contribution in [0.4, 0.5) is 5.95 Å². The molecule has 2 N–H and O–H groups in total. The second-order valence-corrected chi connectivity index (χ2v) is 7.15. The Hall–Kier alpha value is -3.53. The number of H-pyrrole nitrogens is 1. The van der Waals surface area contributed by atoms with Crippen LogP contribution < -0.4 is 10.9 Å². The van der Waals surface area contributed by atoms with Crippen LogP contribution in [-0.4, -0.2) is 40.9 Å². The normalized spacial score (nSPS) is 12.0. The number of aromatic nitrogens is 6. The van der Waals surface area contributed by atoms with Crippen LogP contribution in [0.25, 0.3) is 16.7 Å². The number of rotatable bonds is 5. The lowest BCUT2D eigenvalue weighted by molar-refractivity contribution is -0.115. The maximum absolute atomic E-state index is 12.4. The van der Waals surface area contributed by atoms with E-state index in [0.29, 0.717) is 16.2 Å². The predicted molar refractivity (Wildman–Crippen MR) is 105 cm³/mol. The lowest BCUT2D eigenvalue weighted by atomic mass is 10.3. The van der Waals surface area contributed by atoms with E-state index in [4.69, 9.17) is 0 Å². The Morgan fingerprint density at radius 2 is 1.93 bits per heavy atom. The van der Waals surface area contributed by atoms with Gasteiger partial charge in [0.15, 0.2) is 10.8 Å². The van der Waals surface area contributed by atoms with E-state index in [1.54, 1.807) is 17.7 Å². The molecule has 3 aromatic heterocycles. The number of nitrogens with one attached hydrogen (secondary N) is 2. The third kappa shape index (κ3) is 3.62. The smallest absolute Gasteiger partial charge is 0.262 e. The van der Waals surface area contributed by atoms with Crippen LogP contribution in [0.1, 0.15) is 6.92 Å². The number of amides is 1. The number of aromatic amines is 1. The van der Waals surface area contributed by atoms with Gasteiger partial charge in [-0.1, -0.05) is 30.0 Å². The zero-order chi connectivity index (χ0) is 19.5. The molecular weight excluding hydrogens is 378 g/mol. The molecule has 0 aliphatic rings. The zero-order valence-corrected chi connectivity index (χ0v) is 15.6. The average Bonchev–Trinajstić information content (AvgIpc) is 3.14. The van der Waals surface area contributed by atoms with Gasteiger partial charge >= 0.3 is 0 Å². The van der Waals surface area contributed by atoms with Crippen LogP contribution in [0.15, 0.2) is 64.9 Å². The standard InChI is InChI=1S/C18H15N7O2S/c1-11(15(26)23-17-19-8-5-9-20-17)28-18-22-14-13(16(27)24-18)10-21-25(14)12-6-3-2-4-7-12/h2-11H,1H3,(H,22,24,27)(H,19,20,23,26). The first-order chi connectivity index (χ1) is 13.6. The molecule has 0 saturated heterocycles. The van der Waals surface area contributed by atoms with Crippen molar-refractivity contribution in [2.45, 2.75) is 17.3 Å². The number of hydrogen-bond acceptors (Lipinski definition) is 7. The van der Waals surface area contributed by atoms with Crippen molar-refractivity contribution in [3.8, 4) is 5.69 Å². The van der Waals surface area contributed by atoms with Gasteiger partial charge in [-0.3, -0.25) is 14.9 Å². The van der Waals surface area contributed by atoms with Crippen LogP contribution in [0.5, 0.6) is 0 Å².